The van der Waals surface area contributed by atoms with Crippen molar-refractivity contribution in [2.75, 3.05) is 19.6 Å². The van der Waals surface area contributed by atoms with Gasteiger partial charge >= 0.3 is 0 Å². The predicted molar refractivity (Wildman–Crippen MR) is 371 cm³/mol. The molecule has 0 aromatic heterocycles. The average Bonchev–Trinajstić information content (AvgIpc) is 1.69. The second-order valence-corrected chi connectivity index (χ2v) is 32.1. The highest BCUT2D eigenvalue weighted by atomic mass is 15.3. The molecule has 2 aliphatic carbocycles. The summed E-state index contributed by atoms with van der Waals surface area (Å²) in [6, 6.07) is 64.8. The van der Waals surface area contributed by atoms with E-state index in [1.165, 1.54) is 138 Å². The van der Waals surface area contributed by atoms with Crippen LogP contribution in [0.3, 0.4) is 0 Å². The molecule has 4 unspecified atom stereocenters. The zero-order valence-electron chi connectivity index (χ0n) is 55.0. The van der Waals surface area contributed by atoms with E-state index >= 15 is 0 Å². The maximum Gasteiger partial charge on any atom is 0.252 e. The van der Waals surface area contributed by atoms with Crippen molar-refractivity contribution in [3.8, 4) is 17.2 Å². The molecule has 0 saturated heterocycles. The monoisotopic (exact) mass is 1140 g/mol. The Kier molecular flexibility index (Phi) is 12.7. The molecule has 5 nitrogen and oxygen atoms in total. The van der Waals surface area contributed by atoms with E-state index in [2.05, 4.69) is 282 Å². The van der Waals surface area contributed by atoms with Crippen LogP contribution in [-0.4, -0.2) is 17.8 Å². The molecule has 4 heterocycles. The molecule has 4 aliphatic heterocycles. The third-order valence-corrected chi connectivity index (χ3v) is 22.8. The number of nitrogens with zero attached hydrogens (tertiary/aromatic N) is 5. The van der Waals surface area contributed by atoms with Crippen LogP contribution in [0.25, 0.3) is 11.1 Å². The van der Waals surface area contributed by atoms with Gasteiger partial charge in [0.15, 0.2) is 0 Å². The van der Waals surface area contributed by atoms with Crippen molar-refractivity contribution in [2.24, 2.45) is 0 Å². The minimum Gasteiger partial charge on any atom is -0.334 e. The first-order chi connectivity index (χ1) is 41.1. The first-order valence-electron chi connectivity index (χ1n) is 32.8. The summed E-state index contributed by atoms with van der Waals surface area (Å²) in [6.45, 7) is 38.5. The molecule has 2 saturated carbocycles. The van der Waals surface area contributed by atoms with E-state index in [0.717, 1.165) is 31.2 Å². The minimum absolute atomic E-state index is 0.00704. The smallest absolute Gasteiger partial charge is 0.252 e. The zero-order valence-corrected chi connectivity index (χ0v) is 55.0. The summed E-state index contributed by atoms with van der Waals surface area (Å²) in [4.78, 5) is 11.0. The normalized spacial score (nSPS) is 22.9. The molecule has 8 aromatic rings. The maximum absolute atomic E-state index is 9.72. The fraction of sp³-hybridized carbons (Fsp3) is 0.395. The Hall–Kier alpha value is -7.49. The van der Waals surface area contributed by atoms with Crippen LogP contribution in [0.2, 0.25) is 0 Å². The van der Waals surface area contributed by atoms with Gasteiger partial charge in [-0.1, -0.05) is 195 Å². The Bertz CT molecular complexity index is 4140. The zero-order chi connectivity index (χ0) is 61.3. The van der Waals surface area contributed by atoms with Gasteiger partial charge in [-0.15, -0.1) is 0 Å². The van der Waals surface area contributed by atoms with Crippen molar-refractivity contribution in [1.29, 1.82) is 5.26 Å². The molecule has 0 N–H and O–H groups in total. The summed E-state index contributed by atoms with van der Waals surface area (Å²) in [5.74, 6) is 0. The van der Waals surface area contributed by atoms with Gasteiger partial charge in [-0.2, -0.15) is 5.26 Å². The number of hydrogen-bond donors (Lipinski definition) is 0. The summed E-state index contributed by atoms with van der Waals surface area (Å²) in [5.41, 5.74) is 27.3. The van der Waals surface area contributed by atoms with E-state index in [0.29, 0.717) is 5.56 Å². The molecule has 442 valence electrons. The van der Waals surface area contributed by atoms with Crippen molar-refractivity contribution in [2.45, 2.75) is 206 Å². The van der Waals surface area contributed by atoms with Crippen LogP contribution in [0.4, 0.5) is 56.9 Å². The number of fused-ring (bicyclic) bond motifs is 10. The first kappa shape index (κ1) is 57.3. The molecule has 2 fully saturated rings. The van der Waals surface area contributed by atoms with Crippen molar-refractivity contribution in [3.05, 3.63) is 197 Å². The largest absolute Gasteiger partial charge is 0.334 e. The molecule has 6 heteroatoms. The predicted octanol–water partition coefficient (Wildman–Crippen LogP) is 20.0. The lowest BCUT2D eigenvalue weighted by Gasteiger charge is -2.51. The second-order valence-electron chi connectivity index (χ2n) is 32.1. The Labute approximate surface area is 521 Å². The van der Waals surface area contributed by atoms with Gasteiger partial charge in [0.1, 0.15) is 0 Å². The molecule has 0 radical (unpaired) electrons. The number of nitriles is 1. The fourth-order valence-electron chi connectivity index (χ4n) is 17.1. The van der Waals surface area contributed by atoms with Crippen LogP contribution in [0.5, 0.6) is 0 Å². The summed E-state index contributed by atoms with van der Waals surface area (Å²) in [6.07, 6.45) is 9.33. The van der Waals surface area contributed by atoms with Crippen LogP contribution in [-0.2, 0) is 32.5 Å². The van der Waals surface area contributed by atoms with Crippen LogP contribution >= 0.6 is 0 Å². The van der Waals surface area contributed by atoms with Gasteiger partial charge in [0.25, 0.3) is 6.71 Å². The van der Waals surface area contributed by atoms with E-state index in [1.54, 1.807) is 0 Å². The Morgan fingerprint density at radius 2 is 0.782 bits per heavy atom. The Balaban J connectivity index is 1.07. The highest BCUT2D eigenvalue weighted by Crippen LogP contribution is 2.64. The van der Waals surface area contributed by atoms with E-state index < -0.39 is 0 Å². The van der Waals surface area contributed by atoms with E-state index in [-0.39, 0.29) is 50.3 Å². The van der Waals surface area contributed by atoms with Crippen LogP contribution < -0.4 is 36.0 Å². The lowest BCUT2D eigenvalue weighted by Crippen LogP contribution is -2.62. The van der Waals surface area contributed by atoms with E-state index in [1.807, 2.05) is 12.1 Å². The Morgan fingerprint density at radius 3 is 1.30 bits per heavy atom. The molecule has 14 rings (SSSR count). The first-order valence-corrected chi connectivity index (χ1v) is 32.8. The van der Waals surface area contributed by atoms with Crippen LogP contribution in [0, 0.1) is 11.3 Å². The summed E-state index contributed by atoms with van der Waals surface area (Å²) in [7, 11) is 0. The van der Waals surface area contributed by atoms with Crippen molar-refractivity contribution < 1.29 is 0 Å². The maximum atomic E-state index is 9.72. The highest BCUT2D eigenvalue weighted by molar-refractivity contribution is 7.00. The summed E-state index contributed by atoms with van der Waals surface area (Å²) in [5, 5.41) is 9.72. The number of hydrogen-bond acceptors (Lipinski definition) is 5. The standard InChI is InChI=1S/C81H90BN5/c1-74(2,3)55-26-32-59(33-27-55)84-69-40-31-58(77(10,11)12)47-66(69)82-65-37-36-61(86-67-38-25-54(53-23-21-52(51-83)22-24-53)45-63(67)78(13)41-17-19-43-80(78,86)15)48-70(65)85(60-34-28-56(29-35-60)75(4,5)6)72-50-62(49-71(84)73(72)82)87-68-39-30-57(76(7,8)9)46-64(68)79(14)42-18-20-44-81(79,87)16/h21-40,45-50H,17-20,41-44H2,1-16H3. The van der Waals surface area contributed by atoms with Gasteiger partial charge in [-0.05, 0) is 207 Å². The molecular formula is C81H90BN5. The second kappa shape index (κ2) is 19.3. The van der Waals surface area contributed by atoms with Gasteiger partial charge in [-0.25, -0.2) is 0 Å². The third kappa shape index (κ3) is 8.50. The SMILES string of the molecule is CC(C)(C)c1ccc(N2c3ccc(C(C)(C)C)cc3B3c4ccc(N5c6ccc(-c7ccc(C#N)cc7)cc6C6(C)CCCCC56C)cc4N(c4ccc(C(C)(C)C)cc4)c4cc(N5c6ccc(C(C)(C)C)cc6C6(C)CCCCC56C)cc2c43)cc1. The summed E-state index contributed by atoms with van der Waals surface area (Å²) >= 11 is 0. The van der Waals surface area contributed by atoms with Gasteiger partial charge in [0, 0.05) is 67.7 Å². The molecule has 0 spiro atoms. The molecule has 87 heavy (non-hydrogen) atoms. The number of anilines is 10. The molecule has 0 amide bonds. The highest BCUT2D eigenvalue weighted by Gasteiger charge is 2.60. The van der Waals surface area contributed by atoms with Crippen molar-refractivity contribution in [3.63, 3.8) is 0 Å². The van der Waals surface area contributed by atoms with Gasteiger partial charge in [-0.3, -0.25) is 0 Å². The fourth-order valence-corrected chi connectivity index (χ4v) is 17.1. The molecule has 8 aromatic carbocycles. The molecule has 4 atom stereocenters. The Morgan fingerprint density at radius 1 is 0.368 bits per heavy atom. The molecular weight excluding hydrogens is 1050 g/mol. The van der Waals surface area contributed by atoms with Gasteiger partial charge in [0.2, 0.25) is 0 Å². The molecule has 0 bridgehead atoms. The number of benzene rings is 8. The topological polar surface area (TPSA) is 36.8 Å². The van der Waals surface area contributed by atoms with Crippen molar-refractivity contribution in [1.82, 2.24) is 0 Å². The van der Waals surface area contributed by atoms with E-state index in [4.69, 9.17) is 0 Å². The number of rotatable bonds is 5. The van der Waals surface area contributed by atoms with Crippen LogP contribution in [0.15, 0.2) is 158 Å². The van der Waals surface area contributed by atoms with Gasteiger partial charge in [0.05, 0.1) is 22.7 Å². The van der Waals surface area contributed by atoms with Gasteiger partial charge < -0.3 is 19.6 Å². The van der Waals surface area contributed by atoms with Crippen molar-refractivity contribution >= 4 is 80.0 Å². The molecule has 6 aliphatic rings. The lowest BCUT2D eigenvalue weighted by atomic mass is 9.33. The lowest BCUT2D eigenvalue weighted by molar-refractivity contribution is 0.195. The minimum atomic E-state index is -0.183. The average molecular weight is 1140 g/mol. The summed E-state index contributed by atoms with van der Waals surface area (Å²) < 4.78 is 0. The van der Waals surface area contributed by atoms with E-state index in [9.17, 15) is 5.26 Å². The quantitative estimate of drug-likeness (QED) is 0.161. The van der Waals surface area contributed by atoms with Crippen LogP contribution in [0.1, 0.15) is 201 Å². The third-order valence-electron chi connectivity index (χ3n) is 22.8.